The molecule has 180 valence electrons. The molecule has 3 aromatic rings. The van der Waals surface area contributed by atoms with Crippen LogP contribution in [0.4, 0.5) is 11.4 Å². The van der Waals surface area contributed by atoms with E-state index in [0.717, 1.165) is 32.1 Å². The zero-order valence-electron chi connectivity index (χ0n) is 20.0. The largest absolute Gasteiger partial charge is 0.376 e. The highest BCUT2D eigenvalue weighted by atomic mass is 31.1. The predicted molar refractivity (Wildman–Crippen MR) is 148 cm³/mol. The Balaban J connectivity index is 1.44. The lowest BCUT2D eigenvalue weighted by molar-refractivity contribution is 0.404. The van der Waals surface area contributed by atoms with Gasteiger partial charge in [-0.05, 0) is 55.6 Å². The van der Waals surface area contributed by atoms with Crippen LogP contribution in [0, 0.1) is 0 Å². The van der Waals surface area contributed by atoms with E-state index in [0.29, 0.717) is 11.4 Å². The van der Waals surface area contributed by atoms with Crippen molar-refractivity contribution in [2.24, 2.45) is 5.73 Å². The van der Waals surface area contributed by atoms with Crippen molar-refractivity contribution in [1.82, 2.24) is 0 Å². The van der Waals surface area contributed by atoms with E-state index in [1.165, 1.54) is 21.5 Å². The third kappa shape index (κ3) is 4.76. The molecule has 3 atom stereocenters. The minimum atomic E-state index is -0.733. The summed E-state index contributed by atoms with van der Waals surface area (Å²) in [7, 11) is -0.733. The van der Waals surface area contributed by atoms with Crippen molar-refractivity contribution in [3.8, 4) is 0 Å². The fourth-order valence-corrected chi connectivity index (χ4v) is 7.82. The standard InChI is InChI=1S/C29H32N3O2P/c1-19(31-26-27(29(34)28(26)33)32-24-17-9-8-16-23(24)30)22-15-10-18-25(22)35(20-11-4-2-5-12-20)21-13-6-3-7-14-21/h2-7,10-14,18-19,23-24,31-32H,8-9,15-17,30H2,1H3/t19-,23+,24+/m1/s1. The molecule has 0 bridgehead atoms. The molecular formula is C29H32N3O2P. The average Bonchev–Trinajstić information content (AvgIpc) is 3.37. The molecule has 1 fully saturated rings. The molecule has 1 saturated carbocycles. The molecule has 2 aliphatic rings. The maximum atomic E-state index is 12.5. The lowest BCUT2D eigenvalue weighted by Crippen LogP contribution is -2.47. The van der Waals surface area contributed by atoms with Crippen LogP contribution in [0.2, 0.25) is 0 Å². The Morgan fingerprint density at radius 3 is 2.11 bits per heavy atom. The Morgan fingerprint density at radius 1 is 0.886 bits per heavy atom. The number of nitrogens with one attached hydrogen (secondary N) is 2. The molecular weight excluding hydrogens is 453 g/mol. The highest BCUT2D eigenvalue weighted by Crippen LogP contribution is 2.48. The van der Waals surface area contributed by atoms with Crippen LogP contribution >= 0.6 is 7.92 Å². The van der Waals surface area contributed by atoms with Crippen molar-refractivity contribution in [2.75, 3.05) is 10.6 Å². The van der Waals surface area contributed by atoms with Gasteiger partial charge in [-0.1, -0.05) is 85.7 Å². The van der Waals surface area contributed by atoms with Crippen molar-refractivity contribution in [1.29, 1.82) is 0 Å². The summed E-state index contributed by atoms with van der Waals surface area (Å²) in [5.74, 6) is 0. The summed E-state index contributed by atoms with van der Waals surface area (Å²) in [6.45, 7) is 2.08. The average molecular weight is 486 g/mol. The molecule has 5 nitrogen and oxygen atoms in total. The first-order valence-corrected chi connectivity index (χ1v) is 13.8. The first kappa shape index (κ1) is 23.7. The van der Waals surface area contributed by atoms with Gasteiger partial charge in [-0.25, -0.2) is 0 Å². The Labute approximate surface area is 207 Å². The third-order valence-electron chi connectivity index (χ3n) is 7.16. The fourth-order valence-electron chi connectivity index (χ4n) is 5.20. The van der Waals surface area contributed by atoms with Crippen LogP contribution in [0.5, 0.6) is 0 Å². The Kier molecular flexibility index (Phi) is 6.99. The van der Waals surface area contributed by atoms with E-state index >= 15 is 0 Å². The van der Waals surface area contributed by atoms with Gasteiger partial charge in [0.1, 0.15) is 11.4 Å². The van der Waals surface area contributed by atoms with Crippen molar-refractivity contribution in [2.45, 2.75) is 57.2 Å². The first-order valence-electron chi connectivity index (χ1n) is 12.5. The molecule has 0 spiro atoms. The van der Waals surface area contributed by atoms with Crippen molar-refractivity contribution >= 4 is 29.9 Å². The van der Waals surface area contributed by atoms with E-state index in [4.69, 9.17) is 5.73 Å². The Morgan fingerprint density at radius 2 is 1.49 bits per heavy atom. The fraction of sp³-hybridized carbons (Fsp3) is 0.310. The topological polar surface area (TPSA) is 84.2 Å². The molecule has 0 saturated heterocycles. The zero-order chi connectivity index (χ0) is 24.4. The van der Waals surface area contributed by atoms with E-state index < -0.39 is 18.8 Å². The number of nitrogens with two attached hydrogens (primary N) is 1. The second-order valence-electron chi connectivity index (χ2n) is 9.50. The van der Waals surface area contributed by atoms with Crippen molar-refractivity contribution < 1.29 is 0 Å². The molecule has 5 rings (SSSR count). The van der Waals surface area contributed by atoms with Crippen LogP contribution in [-0.4, -0.2) is 18.1 Å². The maximum Gasteiger partial charge on any atom is 0.253 e. The summed E-state index contributed by atoms with van der Waals surface area (Å²) in [6.07, 6.45) is 9.33. The van der Waals surface area contributed by atoms with Gasteiger partial charge in [0.15, 0.2) is 0 Å². The zero-order valence-corrected chi connectivity index (χ0v) is 20.9. The van der Waals surface area contributed by atoms with Crippen molar-refractivity contribution in [3.63, 3.8) is 0 Å². The lowest BCUT2D eigenvalue weighted by Gasteiger charge is -2.31. The molecule has 0 heterocycles. The molecule has 0 aliphatic heterocycles. The van der Waals surface area contributed by atoms with Gasteiger partial charge in [0.2, 0.25) is 0 Å². The normalized spacial score (nSPS) is 21.0. The molecule has 2 aliphatic carbocycles. The van der Waals surface area contributed by atoms with Gasteiger partial charge in [-0.2, -0.15) is 0 Å². The molecule has 0 unspecified atom stereocenters. The lowest BCUT2D eigenvalue weighted by atomic mass is 9.90. The predicted octanol–water partition coefficient (Wildman–Crippen LogP) is 4.11. The number of rotatable bonds is 8. The monoisotopic (exact) mass is 485 g/mol. The van der Waals surface area contributed by atoms with E-state index in [1.807, 2.05) is 12.1 Å². The second kappa shape index (κ2) is 10.3. The summed E-state index contributed by atoms with van der Waals surface area (Å²) < 4.78 is 0. The van der Waals surface area contributed by atoms with Crippen LogP contribution in [0.1, 0.15) is 39.0 Å². The van der Waals surface area contributed by atoms with Crippen LogP contribution in [0.3, 0.4) is 0 Å². The van der Waals surface area contributed by atoms with Crippen LogP contribution < -0.4 is 37.8 Å². The minimum Gasteiger partial charge on any atom is -0.376 e. The van der Waals surface area contributed by atoms with Gasteiger partial charge >= 0.3 is 0 Å². The molecule has 3 aromatic carbocycles. The maximum absolute atomic E-state index is 12.5. The summed E-state index contributed by atoms with van der Waals surface area (Å²) in [6, 6.07) is 21.2. The highest BCUT2D eigenvalue weighted by molar-refractivity contribution is 7.77. The molecule has 0 aromatic heterocycles. The van der Waals surface area contributed by atoms with Gasteiger partial charge in [-0.15, -0.1) is 0 Å². The van der Waals surface area contributed by atoms with E-state index in [-0.39, 0.29) is 18.1 Å². The quantitative estimate of drug-likeness (QED) is 0.330. The summed E-state index contributed by atoms with van der Waals surface area (Å²) in [4.78, 5) is 25.0. The molecule has 35 heavy (non-hydrogen) atoms. The summed E-state index contributed by atoms with van der Waals surface area (Å²) >= 11 is 0. The van der Waals surface area contributed by atoms with Crippen LogP contribution in [0.15, 0.2) is 93.3 Å². The molecule has 0 amide bonds. The minimum absolute atomic E-state index is 0.00655. The Bertz CT molecular complexity index is 1270. The Hall–Kier alpha value is -3.01. The number of hydrogen-bond acceptors (Lipinski definition) is 5. The van der Waals surface area contributed by atoms with E-state index in [9.17, 15) is 9.59 Å². The number of allylic oxidation sites excluding steroid dienone is 3. The van der Waals surface area contributed by atoms with E-state index in [2.05, 4.69) is 78.2 Å². The first-order chi connectivity index (χ1) is 17.0. The van der Waals surface area contributed by atoms with E-state index in [1.54, 1.807) is 0 Å². The van der Waals surface area contributed by atoms with Gasteiger partial charge in [0.05, 0.1) is 0 Å². The second-order valence-corrected chi connectivity index (χ2v) is 11.7. The summed E-state index contributed by atoms with van der Waals surface area (Å²) in [5.41, 5.74) is 7.48. The highest BCUT2D eigenvalue weighted by Gasteiger charge is 2.30. The van der Waals surface area contributed by atoms with Crippen molar-refractivity contribution in [3.05, 3.63) is 104 Å². The molecule has 0 radical (unpaired) electrons. The smallest absolute Gasteiger partial charge is 0.253 e. The third-order valence-corrected chi connectivity index (χ3v) is 9.70. The van der Waals surface area contributed by atoms with Gasteiger partial charge < -0.3 is 16.4 Å². The van der Waals surface area contributed by atoms with Gasteiger partial charge in [0.25, 0.3) is 10.9 Å². The molecule has 6 heteroatoms. The summed E-state index contributed by atoms with van der Waals surface area (Å²) in [5, 5.41) is 10.6. The van der Waals surface area contributed by atoms with Gasteiger partial charge in [0, 0.05) is 18.1 Å². The number of hydrogen-bond donors (Lipinski definition) is 3. The SMILES string of the molecule is C[C@@H](Nc1c(N[C@H]2CCCC[C@@H]2N)c(=O)c1=O)C1=C(P(c2ccccc2)c2ccccc2)C=CC1. The van der Waals surface area contributed by atoms with Crippen LogP contribution in [-0.2, 0) is 0 Å². The van der Waals surface area contributed by atoms with Gasteiger partial charge in [-0.3, -0.25) is 9.59 Å². The van der Waals surface area contributed by atoms with Crippen LogP contribution in [0.25, 0.3) is 0 Å². The number of benzene rings is 2. The molecule has 4 N–H and O–H groups in total. The number of anilines is 2.